The lowest BCUT2D eigenvalue weighted by Crippen LogP contribution is -2.43. The van der Waals surface area contributed by atoms with Crippen LogP contribution in [0.2, 0.25) is 5.02 Å². The number of hydrogen-bond acceptors (Lipinski definition) is 3. The van der Waals surface area contributed by atoms with Crippen molar-refractivity contribution in [3.05, 3.63) is 47.0 Å². The summed E-state index contributed by atoms with van der Waals surface area (Å²) >= 11 is 5.84. The Balaban J connectivity index is 2.38. The van der Waals surface area contributed by atoms with Crippen molar-refractivity contribution in [3.63, 3.8) is 0 Å². The van der Waals surface area contributed by atoms with Gasteiger partial charge in [-0.2, -0.15) is 17.6 Å². The Bertz CT molecular complexity index is 807. The highest BCUT2D eigenvalue weighted by Crippen LogP contribution is 2.40. The average molecular weight is 405 g/mol. The number of nitrogens with two attached hydrogens (primary N) is 1. The summed E-state index contributed by atoms with van der Waals surface area (Å²) < 4.78 is 59.5. The van der Waals surface area contributed by atoms with Gasteiger partial charge in [0.25, 0.3) is 0 Å². The third-order valence-corrected chi connectivity index (χ3v) is 4.23. The van der Waals surface area contributed by atoms with Gasteiger partial charge in [-0.15, -0.1) is 0 Å². The van der Waals surface area contributed by atoms with E-state index in [9.17, 15) is 17.6 Å². The fourth-order valence-electron chi connectivity index (χ4n) is 2.92. The van der Waals surface area contributed by atoms with Crippen LogP contribution in [-0.4, -0.2) is 17.1 Å². The first-order valence-corrected chi connectivity index (χ1v) is 8.72. The van der Waals surface area contributed by atoms with Crippen molar-refractivity contribution in [2.24, 2.45) is 11.7 Å². The molecule has 0 fully saturated rings. The van der Waals surface area contributed by atoms with Crippen LogP contribution in [0, 0.1) is 11.9 Å². The zero-order chi connectivity index (χ0) is 20.4. The van der Waals surface area contributed by atoms with Crippen LogP contribution in [0.1, 0.15) is 32.8 Å². The molecule has 3 nitrogen and oxygen atoms in total. The number of ether oxygens (including phenoxy) is 1. The quantitative estimate of drug-likeness (QED) is 0.496. The van der Waals surface area contributed by atoms with Crippen LogP contribution in [0.25, 0.3) is 11.1 Å². The van der Waals surface area contributed by atoms with E-state index < -0.39 is 23.2 Å². The lowest BCUT2D eigenvalue weighted by Gasteiger charge is -2.27. The Labute approximate surface area is 160 Å². The Kier molecular flexibility index (Phi) is 6.37. The highest BCUT2D eigenvalue weighted by molar-refractivity contribution is 6.33. The van der Waals surface area contributed by atoms with Gasteiger partial charge >= 0.3 is 6.18 Å². The van der Waals surface area contributed by atoms with Gasteiger partial charge < -0.3 is 10.5 Å². The Morgan fingerprint density at radius 3 is 2.48 bits per heavy atom. The Hall–Kier alpha value is -1.86. The topological polar surface area (TPSA) is 48.1 Å². The van der Waals surface area contributed by atoms with Gasteiger partial charge in [-0.3, -0.25) is 0 Å². The van der Waals surface area contributed by atoms with E-state index in [1.807, 2.05) is 13.8 Å². The molecule has 0 amide bonds. The standard InChI is InChI=1S/C19H21ClF4N2O/c1-11(2)9-18(3,25)10-27-15-5-4-12(8-14(15)19(22,23)24)13-6-7-26-17(21)16(13)20/h4-8,11H,9-10,25H2,1-3H3. The SMILES string of the molecule is CC(C)CC(C)(N)COc1ccc(-c2ccnc(F)c2Cl)cc1C(F)(F)F. The van der Waals surface area contributed by atoms with E-state index in [-0.39, 0.29) is 34.4 Å². The van der Waals surface area contributed by atoms with Crippen LogP contribution in [0.15, 0.2) is 30.5 Å². The zero-order valence-corrected chi connectivity index (χ0v) is 16.0. The largest absolute Gasteiger partial charge is 0.491 e. The number of halogens is 5. The van der Waals surface area contributed by atoms with Crippen molar-refractivity contribution in [1.82, 2.24) is 4.98 Å². The van der Waals surface area contributed by atoms with Gasteiger partial charge in [-0.1, -0.05) is 31.5 Å². The summed E-state index contributed by atoms with van der Waals surface area (Å²) in [5.74, 6) is -1.01. The molecule has 0 radical (unpaired) electrons. The molecule has 1 atom stereocenters. The molecular formula is C19H21ClF4N2O. The van der Waals surface area contributed by atoms with Gasteiger partial charge in [0.1, 0.15) is 17.4 Å². The number of nitrogens with zero attached hydrogens (tertiary/aromatic N) is 1. The fraction of sp³-hybridized carbons (Fsp3) is 0.421. The molecule has 27 heavy (non-hydrogen) atoms. The second kappa shape index (κ2) is 8.02. The lowest BCUT2D eigenvalue weighted by atomic mass is 9.93. The fourth-order valence-corrected chi connectivity index (χ4v) is 3.14. The molecule has 0 aliphatic heterocycles. The molecule has 0 saturated heterocycles. The summed E-state index contributed by atoms with van der Waals surface area (Å²) in [5.41, 5.74) is 4.59. The highest BCUT2D eigenvalue weighted by Gasteiger charge is 2.35. The summed E-state index contributed by atoms with van der Waals surface area (Å²) in [6.07, 6.45) is -2.93. The summed E-state index contributed by atoms with van der Waals surface area (Å²) in [5, 5.41) is -0.342. The number of aromatic nitrogens is 1. The summed E-state index contributed by atoms with van der Waals surface area (Å²) in [7, 11) is 0. The Morgan fingerprint density at radius 2 is 1.89 bits per heavy atom. The third kappa shape index (κ3) is 5.56. The molecule has 2 rings (SSSR count). The van der Waals surface area contributed by atoms with Gasteiger partial charge in [-0.05, 0) is 43.0 Å². The maximum absolute atomic E-state index is 13.5. The first-order valence-electron chi connectivity index (χ1n) is 8.34. The van der Waals surface area contributed by atoms with Gasteiger partial charge in [0.2, 0.25) is 5.95 Å². The van der Waals surface area contributed by atoms with Crippen LogP contribution in [0.3, 0.4) is 0 Å². The number of benzene rings is 1. The maximum Gasteiger partial charge on any atom is 0.419 e. The van der Waals surface area contributed by atoms with Crippen molar-refractivity contribution in [2.45, 2.75) is 38.9 Å². The molecule has 1 aromatic heterocycles. The van der Waals surface area contributed by atoms with E-state index >= 15 is 0 Å². The van der Waals surface area contributed by atoms with E-state index in [1.54, 1.807) is 6.92 Å². The molecule has 2 N–H and O–H groups in total. The van der Waals surface area contributed by atoms with E-state index in [1.165, 1.54) is 18.2 Å². The second-order valence-electron chi connectivity index (χ2n) is 7.21. The molecule has 148 valence electrons. The van der Waals surface area contributed by atoms with Crippen molar-refractivity contribution in [1.29, 1.82) is 0 Å². The van der Waals surface area contributed by atoms with Crippen molar-refractivity contribution in [3.8, 4) is 16.9 Å². The first kappa shape index (κ1) is 21.4. The molecular weight excluding hydrogens is 384 g/mol. The van der Waals surface area contributed by atoms with E-state index in [2.05, 4.69) is 4.98 Å². The average Bonchev–Trinajstić information content (AvgIpc) is 2.53. The van der Waals surface area contributed by atoms with Crippen molar-refractivity contribution < 1.29 is 22.3 Å². The molecule has 0 aliphatic rings. The molecule has 0 bridgehead atoms. The molecule has 0 saturated carbocycles. The maximum atomic E-state index is 13.5. The van der Waals surface area contributed by atoms with Crippen LogP contribution in [0.4, 0.5) is 17.6 Å². The van der Waals surface area contributed by atoms with Gasteiger partial charge in [-0.25, -0.2) is 4.98 Å². The molecule has 1 unspecified atom stereocenters. The number of pyridine rings is 1. The molecule has 1 aromatic carbocycles. The van der Waals surface area contributed by atoms with Gasteiger partial charge in [0, 0.05) is 17.3 Å². The minimum Gasteiger partial charge on any atom is -0.491 e. The van der Waals surface area contributed by atoms with Crippen LogP contribution in [0.5, 0.6) is 5.75 Å². The van der Waals surface area contributed by atoms with E-state index in [4.69, 9.17) is 22.1 Å². The Morgan fingerprint density at radius 1 is 1.22 bits per heavy atom. The number of hydrogen-bond donors (Lipinski definition) is 1. The summed E-state index contributed by atoms with van der Waals surface area (Å²) in [6, 6.07) is 4.81. The number of alkyl halides is 3. The van der Waals surface area contributed by atoms with E-state index in [0.717, 1.165) is 12.3 Å². The van der Waals surface area contributed by atoms with E-state index in [0.29, 0.717) is 6.42 Å². The first-order chi connectivity index (χ1) is 12.4. The predicted octanol–water partition coefficient (Wildman–Crippen LogP) is 5.70. The monoisotopic (exact) mass is 404 g/mol. The van der Waals surface area contributed by atoms with Crippen LogP contribution in [-0.2, 0) is 6.18 Å². The highest BCUT2D eigenvalue weighted by atomic mass is 35.5. The molecule has 1 heterocycles. The van der Waals surface area contributed by atoms with Crippen molar-refractivity contribution >= 4 is 11.6 Å². The minimum atomic E-state index is -4.66. The normalized spacial score (nSPS) is 14.3. The van der Waals surface area contributed by atoms with Gasteiger partial charge in [0.05, 0.1) is 5.56 Å². The van der Waals surface area contributed by atoms with Crippen molar-refractivity contribution in [2.75, 3.05) is 6.61 Å². The minimum absolute atomic E-state index is 0.0712. The molecule has 8 heteroatoms. The lowest BCUT2D eigenvalue weighted by molar-refractivity contribution is -0.139. The third-order valence-electron chi connectivity index (χ3n) is 3.87. The second-order valence-corrected chi connectivity index (χ2v) is 7.59. The zero-order valence-electron chi connectivity index (χ0n) is 15.2. The molecule has 0 aliphatic carbocycles. The summed E-state index contributed by atoms with van der Waals surface area (Å²) in [4.78, 5) is 3.37. The molecule has 0 spiro atoms. The molecule has 2 aromatic rings. The van der Waals surface area contributed by atoms with Gasteiger partial charge in [0.15, 0.2) is 0 Å². The smallest absolute Gasteiger partial charge is 0.419 e. The predicted molar refractivity (Wildman–Crippen MR) is 97.2 cm³/mol. The summed E-state index contributed by atoms with van der Waals surface area (Å²) in [6.45, 7) is 5.60. The van der Waals surface area contributed by atoms with Crippen LogP contribution >= 0.6 is 11.6 Å². The van der Waals surface area contributed by atoms with Crippen LogP contribution < -0.4 is 10.5 Å². The number of rotatable bonds is 6.